The van der Waals surface area contributed by atoms with E-state index in [1.807, 2.05) is 38.1 Å². The standard InChI is InChI=1S/C16H25NO4/c1-5-17-16(2,15(18)20-4)11-8-12-21-14-10-7-6-9-13(14)19-3/h6-7,9-10,17H,5,8,11-12H2,1-4H3. The van der Waals surface area contributed by atoms with Crippen LogP contribution in [0.1, 0.15) is 26.7 Å². The molecule has 1 N–H and O–H groups in total. The molecule has 0 aliphatic carbocycles. The molecule has 0 saturated carbocycles. The molecule has 0 heterocycles. The van der Waals surface area contributed by atoms with Gasteiger partial charge in [0.15, 0.2) is 11.5 Å². The maximum absolute atomic E-state index is 11.8. The van der Waals surface area contributed by atoms with E-state index in [1.165, 1.54) is 7.11 Å². The molecule has 5 heteroatoms. The Morgan fingerprint density at radius 2 is 1.90 bits per heavy atom. The molecule has 1 unspecified atom stereocenters. The first kappa shape index (κ1) is 17.3. The van der Waals surface area contributed by atoms with Gasteiger partial charge in [-0.1, -0.05) is 19.1 Å². The number of likely N-dealkylation sites (N-methyl/N-ethyl adjacent to an activating group) is 1. The first-order chi connectivity index (χ1) is 10.1. The van der Waals surface area contributed by atoms with E-state index in [4.69, 9.17) is 14.2 Å². The van der Waals surface area contributed by atoms with E-state index in [9.17, 15) is 4.79 Å². The molecule has 1 aromatic rings. The highest BCUT2D eigenvalue weighted by molar-refractivity contribution is 5.80. The van der Waals surface area contributed by atoms with Crippen molar-refractivity contribution in [3.8, 4) is 11.5 Å². The largest absolute Gasteiger partial charge is 0.493 e. The Labute approximate surface area is 126 Å². The maximum Gasteiger partial charge on any atom is 0.325 e. The number of methoxy groups -OCH3 is 2. The number of hydrogen-bond donors (Lipinski definition) is 1. The van der Waals surface area contributed by atoms with Gasteiger partial charge in [0.1, 0.15) is 5.54 Å². The highest BCUT2D eigenvalue weighted by Crippen LogP contribution is 2.26. The van der Waals surface area contributed by atoms with E-state index >= 15 is 0 Å². The Hall–Kier alpha value is -1.75. The monoisotopic (exact) mass is 295 g/mol. The maximum atomic E-state index is 11.8. The van der Waals surface area contributed by atoms with Gasteiger partial charge in [0.2, 0.25) is 0 Å². The summed E-state index contributed by atoms with van der Waals surface area (Å²) in [5, 5.41) is 3.18. The second-order valence-electron chi connectivity index (χ2n) is 4.96. The Balaban J connectivity index is 2.49. The molecule has 1 atom stereocenters. The van der Waals surface area contributed by atoms with E-state index in [-0.39, 0.29) is 5.97 Å². The quantitative estimate of drug-likeness (QED) is 0.560. The fourth-order valence-corrected chi connectivity index (χ4v) is 2.22. The molecule has 1 aromatic carbocycles. The summed E-state index contributed by atoms with van der Waals surface area (Å²) in [6.07, 6.45) is 1.37. The molecular formula is C16H25NO4. The van der Waals surface area contributed by atoms with Crippen LogP contribution >= 0.6 is 0 Å². The first-order valence-electron chi connectivity index (χ1n) is 7.16. The molecule has 0 aliphatic rings. The van der Waals surface area contributed by atoms with Crippen LogP contribution in [0.25, 0.3) is 0 Å². The van der Waals surface area contributed by atoms with E-state index in [0.29, 0.717) is 31.1 Å². The number of ether oxygens (including phenoxy) is 3. The van der Waals surface area contributed by atoms with Gasteiger partial charge in [-0.25, -0.2) is 0 Å². The summed E-state index contributed by atoms with van der Waals surface area (Å²) in [5.74, 6) is 1.17. The van der Waals surface area contributed by atoms with Crippen molar-refractivity contribution in [3.05, 3.63) is 24.3 Å². The van der Waals surface area contributed by atoms with E-state index in [0.717, 1.165) is 6.42 Å². The van der Waals surface area contributed by atoms with Crippen LogP contribution in [-0.4, -0.2) is 38.9 Å². The van der Waals surface area contributed by atoms with Crippen molar-refractivity contribution >= 4 is 5.97 Å². The third-order valence-corrected chi connectivity index (χ3v) is 3.35. The minimum atomic E-state index is -0.673. The fraction of sp³-hybridized carbons (Fsp3) is 0.562. The molecule has 5 nitrogen and oxygen atoms in total. The van der Waals surface area contributed by atoms with Gasteiger partial charge in [-0.05, 0) is 38.4 Å². The third-order valence-electron chi connectivity index (χ3n) is 3.35. The fourth-order valence-electron chi connectivity index (χ4n) is 2.22. The highest BCUT2D eigenvalue weighted by Gasteiger charge is 2.32. The number of hydrogen-bond acceptors (Lipinski definition) is 5. The Morgan fingerprint density at radius 1 is 1.24 bits per heavy atom. The van der Waals surface area contributed by atoms with Crippen molar-refractivity contribution in [1.29, 1.82) is 0 Å². The molecular weight excluding hydrogens is 270 g/mol. The average molecular weight is 295 g/mol. The summed E-state index contributed by atoms with van der Waals surface area (Å²) in [6, 6.07) is 7.51. The predicted molar refractivity (Wildman–Crippen MR) is 81.8 cm³/mol. The second-order valence-corrected chi connectivity index (χ2v) is 4.96. The van der Waals surface area contributed by atoms with Gasteiger partial charge in [-0.15, -0.1) is 0 Å². The van der Waals surface area contributed by atoms with E-state index < -0.39 is 5.54 Å². The predicted octanol–water partition coefficient (Wildman–Crippen LogP) is 2.40. The zero-order valence-corrected chi connectivity index (χ0v) is 13.3. The first-order valence-corrected chi connectivity index (χ1v) is 7.16. The lowest BCUT2D eigenvalue weighted by Crippen LogP contribution is -2.50. The number of carbonyl (C=O) groups is 1. The average Bonchev–Trinajstić information content (AvgIpc) is 2.51. The number of nitrogens with one attached hydrogen (secondary N) is 1. The molecule has 0 radical (unpaired) electrons. The molecule has 21 heavy (non-hydrogen) atoms. The van der Waals surface area contributed by atoms with E-state index in [2.05, 4.69) is 5.32 Å². The zero-order chi connectivity index (χ0) is 15.7. The van der Waals surface area contributed by atoms with Gasteiger partial charge in [0.05, 0.1) is 20.8 Å². The summed E-state index contributed by atoms with van der Waals surface area (Å²) in [5.41, 5.74) is -0.673. The molecule has 0 saturated heterocycles. The molecule has 118 valence electrons. The minimum Gasteiger partial charge on any atom is -0.493 e. The lowest BCUT2D eigenvalue weighted by Gasteiger charge is -2.27. The van der Waals surface area contributed by atoms with Crippen LogP contribution in [0, 0.1) is 0 Å². The summed E-state index contributed by atoms with van der Waals surface area (Å²) >= 11 is 0. The number of carbonyl (C=O) groups excluding carboxylic acids is 1. The van der Waals surface area contributed by atoms with Crippen molar-refractivity contribution in [2.45, 2.75) is 32.2 Å². The van der Waals surface area contributed by atoms with Gasteiger partial charge >= 0.3 is 5.97 Å². The van der Waals surface area contributed by atoms with Gasteiger partial charge in [-0.2, -0.15) is 0 Å². The number of para-hydroxylation sites is 2. The molecule has 0 aromatic heterocycles. The topological polar surface area (TPSA) is 56.8 Å². The number of rotatable bonds is 9. The highest BCUT2D eigenvalue weighted by atomic mass is 16.5. The van der Waals surface area contributed by atoms with Crippen molar-refractivity contribution in [2.75, 3.05) is 27.4 Å². The molecule has 1 rings (SSSR count). The smallest absolute Gasteiger partial charge is 0.325 e. The summed E-state index contributed by atoms with van der Waals surface area (Å²) in [4.78, 5) is 11.8. The number of benzene rings is 1. The SMILES string of the molecule is CCNC(C)(CCCOc1ccccc1OC)C(=O)OC. The minimum absolute atomic E-state index is 0.248. The van der Waals surface area contributed by atoms with Crippen LogP contribution in [0.15, 0.2) is 24.3 Å². The Morgan fingerprint density at radius 3 is 2.48 bits per heavy atom. The molecule has 0 spiro atoms. The van der Waals surface area contributed by atoms with Crippen LogP contribution in [-0.2, 0) is 9.53 Å². The molecule has 0 bridgehead atoms. The van der Waals surface area contributed by atoms with Crippen LogP contribution in [0.2, 0.25) is 0 Å². The van der Waals surface area contributed by atoms with Gasteiger partial charge in [0, 0.05) is 0 Å². The van der Waals surface area contributed by atoms with Gasteiger partial charge in [-0.3, -0.25) is 4.79 Å². The lowest BCUT2D eigenvalue weighted by molar-refractivity contribution is -0.148. The summed E-state index contributed by atoms with van der Waals surface area (Å²) < 4.78 is 15.8. The van der Waals surface area contributed by atoms with Crippen molar-refractivity contribution in [2.24, 2.45) is 0 Å². The van der Waals surface area contributed by atoms with Gasteiger partial charge < -0.3 is 19.5 Å². The van der Waals surface area contributed by atoms with Gasteiger partial charge in [0.25, 0.3) is 0 Å². The zero-order valence-electron chi connectivity index (χ0n) is 13.3. The summed E-state index contributed by atoms with van der Waals surface area (Å²) in [7, 11) is 3.02. The van der Waals surface area contributed by atoms with Crippen LogP contribution < -0.4 is 14.8 Å². The molecule has 0 fully saturated rings. The Bertz CT molecular complexity index is 450. The molecule has 0 aliphatic heterocycles. The molecule has 0 amide bonds. The van der Waals surface area contributed by atoms with Crippen molar-refractivity contribution < 1.29 is 19.0 Å². The van der Waals surface area contributed by atoms with Crippen LogP contribution in [0.5, 0.6) is 11.5 Å². The van der Waals surface area contributed by atoms with Crippen molar-refractivity contribution in [3.63, 3.8) is 0 Å². The number of esters is 1. The van der Waals surface area contributed by atoms with E-state index in [1.54, 1.807) is 7.11 Å². The lowest BCUT2D eigenvalue weighted by atomic mass is 9.96. The Kier molecular flexibility index (Phi) is 7.02. The third kappa shape index (κ3) is 4.93. The second kappa shape index (κ2) is 8.52. The normalized spacial score (nSPS) is 13.3. The van der Waals surface area contributed by atoms with Crippen LogP contribution in [0.3, 0.4) is 0 Å². The van der Waals surface area contributed by atoms with Crippen molar-refractivity contribution in [1.82, 2.24) is 5.32 Å². The van der Waals surface area contributed by atoms with Crippen LogP contribution in [0.4, 0.5) is 0 Å². The summed E-state index contributed by atoms with van der Waals surface area (Å²) in [6.45, 7) is 5.04.